The largest absolute Gasteiger partial charge is 0.309 e. The molecule has 0 aliphatic heterocycles. The number of carbonyl (C=O) groups is 1. The van der Waals surface area contributed by atoms with E-state index >= 15 is 0 Å². The van der Waals surface area contributed by atoms with E-state index in [-0.39, 0.29) is 5.91 Å². The number of rotatable bonds is 3. The van der Waals surface area contributed by atoms with Crippen molar-refractivity contribution in [2.45, 2.75) is 5.92 Å². The molecule has 1 heterocycles. The Morgan fingerprint density at radius 2 is 1.89 bits per heavy atom. The second-order valence-electron chi connectivity index (χ2n) is 3.68. The molecule has 0 spiro atoms. The maximum Gasteiger partial charge on any atom is 0.247 e. The van der Waals surface area contributed by atoms with Crippen LogP contribution in [0.15, 0.2) is 54.7 Å². The van der Waals surface area contributed by atoms with Crippen LogP contribution in [0.2, 0.25) is 0 Å². The Labute approximate surface area is 105 Å². The van der Waals surface area contributed by atoms with E-state index in [2.05, 4.69) is 10.3 Å². The quantitative estimate of drug-likeness (QED) is 0.890. The van der Waals surface area contributed by atoms with Crippen LogP contribution in [0.1, 0.15) is 11.5 Å². The Hall–Kier alpha value is -2.67. The van der Waals surface area contributed by atoms with Crippen LogP contribution in [-0.4, -0.2) is 10.9 Å². The van der Waals surface area contributed by atoms with Crippen molar-refractivity contribution in [2.75, 3.05) is 5.32 Å². The lowest BCUT2D eigenvalue weighted by molar-refractivity contribution is -0.116. The van der Waals surface area contributed by atoms with Crippen LogP contribution in [0.5, 0.6) is 0 Å². The Morgan fingerprint density at radius 1 is 1.17 bits per heavy atom. The van der Waals surface area contributed by atoms with Gasteiger partial charge in [-0.05, 0) is 17.7 Å². The minimum absolute atomic E-state index is 0.373. The minimum Gasteiger partial charge on any atom is -0.309 e. The van der Waals surface area contributed by atoms with Gasteiger partial charge in [0.15, 0.2) is 5.92 Å². The maximum atomic E-state index is 12.0. The van der Waals surface area contributed by atoms with Gasteiger partial charge in [-0.3, -0.25) is 4.79 Å². The number of hydrogen-bond acceptors (Lipinski definition) is 3. The highest BCUT2D eigenvalue weighted by molar-refractivity contribution is 5.97. The summed E-state index contributed by atoms with van der Waals surface area (Å²) < 4.78 is 0. The van der Waals surface area contributed by atoms with Crippen LogP contribution in [0.4, 0.5) is 5.82 Å². The monoisotopic (exact) mass is 237 g/mol. The average Bonchev–Trinajstić information content (AvgIpc) is 2.42. The number of nitriles is 1. The van der Waals surface area contributed by atoms with E-state index in [4.69, 9.17) is 5.26 Å². The second-order valence-corrected chi connectivity index (χ2v) is 3.68. The summed E-state index contributed by atoms with van der Waals surface area (Å²) in [6.45, 7) is 0. The molecule has 1 atom stereocenters. The number of nitrogens with zero attached hydrogens (tertiary/aromatic N) is 2. The van der Waals surface area contributed by atoms with Gasteiger partial charge in [0.25, 0.3) is 0 Å². The zero-order chi connectivity index (χ0) is 12.8. The molecule has 4 nitrogen and oxygen atoms in total. The third-order valence-electron chi connectivity index (χ3n) is 2.44. The SMILES string of the molecule is N#CC(C(=O)Nc1ccccn1)c1ccccc1. The summed E-state index contributed by atoms with van der Waals surface area (Å²) in [6, 6.07) is 16.2. The van der Waals surface area contributed by atoms with Crippen molar-refractivity contribution >= 4 is 11.7 Å². The van der Waals surface area contributed by atoms with Crippen molar-refractivity contribution in [3.63, 3.8) is 0 Å². The molecule has 0 aliphatic carbocycles. The van der Waals surface area contributed by atoms with E-state index in [9.17, 15) is 4.79 Å². The zero-order valence-corrected chi connectivity index (χ0v) is 9.58. The minimum atomic E-state index is -0.826. The predicted octanol–water partition coefficient (Wildman–Crippen LogP) is 2.33. The molecule has 2 aromatic rings. The van der Waals surface area contributed by atoms with Crippen LogP contribution >= 0.6 is 0 Å². The number of nitrogens with one attached hydrogen (secondary N) is 1. The summed E-state index contributed by atoms with van der Waals surface area (Å²) >= 11 is 0. The van der Waals surface area contributed by atoms with E-state index in [0.29, 0.717) is 11.4 Å². The van der Waals surface area contributed by atoms with Crippen molar-refractivity contribution in [3.8, 4) is 6.07 Å². The van der Waals surface area contributed by atoms with E-state index in [1.807, 2.05) is 12.1 Å². The van der Waals surface area contributed by atoms with Gasteiger partial charge in [-0.1, -0.05) is 36.4 Å². The summed E-state index contributed by atoms with van der Waals surface area (Å²) in [4.78, 5) is 16.0. The summed E-state index contributed by atoms with van der Waals surface area (Å²) in [6.07, 6.45) is 1.58. The number of anilines is 1. The van der Waals surface area contributed by atoms with Gasteiger partial charge in [0, 0.05) is 6.20 Å². The Balaban J connectivity index is 2.15. The first-order valence-electron chi connectivity index (χ1n) is 5.47. The summed E-state index contributed by atoms with van der Waals surface area (Å²) in [5.74, 6) is -0.755. The zero-order valence-electron chi connectivity index (χ0n) is 9.58. The summed E-state index contributed by atoms with van der Waals surface area (Å²) in [5, 5.41) is 11.7. The molecule has 2 rings (SSSR count). The highest BCUT2D eigenvalue weighted by atomic mass is 16.1. The van der Waals surface area contributed by atoms with Gasteiger partial charge in [-0.25, -0.2) is 4.98 Å². The first-order chi connectivity index (χ1) is 8.81. The van der Waals surface area contributed by atoms with Crippen LogP contribution in [0.25, 0.3) is 0 Å². The van der Waals surface area contributed by atoms with Gasteiger partial charge in [0.1, 0.15) is 5.82 Å². The van der Waals surface area contributed by atoms with Gasteiger partial charge in [-0.2, -0.15) is 5.26 Å². The molecule has 0 saturated carbocycles. The van der Waals surface area contributed by atoms with Crippen LogP contribution in [0.3, 0.4) is 0 Å². The molecule has 4 heteroatoms. The Morgan fingerprint density at radius 3 is 2.50 bits per heavy atom. The van der Waals surface area contributed by atoms with Crippen LogP contribution in [-0.2, 0) is 4.79 Å². The number of aromatic nitrogens is 1. The van der Waals surface area contributed by atoms with Crippen molar-refractivity contribution in [1.29, 1.82) is 5.26 Å². The fraction of sp³-hybridized carbons (Fsp3) is 0.0714. The molecular weight excluding hydrogens is 226 g/mol. The molecule has 1 unspecified atom stereocenters. The topological polar surface area (TPSA) is 65.8 Å². The third kappa shape index (κ3) is 2.71. The lowest BCUT2D eigenvalue weighted by atomic mass is 10.00. The summed E-state index contributed by atoms with van der Waals surface area (Å²) in [5.41, 5.74) is 0.674. The van der Waals surface area contributed by atoms with E-state index in [1.165, 1.54) is 0 Å². The lowest BCUT2D eigenvalue weighted by Crippen LogP contribution is -2.20. The van der Waals surface area contributed by atoms with Crippen molar-refractivity contribution in [3.05, 3.63) is 60.3 Å². The van der Waals surface area contributed by atoms with E-state index in [0.717, 1.165) is 0 Å². The third-order valence-corrected chi connectivity index (χ3v) is 2.44. The molecule has 0 aliphatic rings. The molecule has 0 radical (unpaired) electrons. The molecule has 0 bridgehead atoms. The molecule has 1 aromatic heterocycles. The second kappa shape index (κ2) is 5.60. The van der Waals surface area contributed by atoms with Gasteiger partial charge in [-0.15, -0.1) is 0 Å². The summed E-state index contributed by atoms with van der Waals surface area (Å²) in [7, 11) is 0. The van der Waals surface area contributed by atoms with Crippen molar-refractivity contribution in [2.24, 2.45) is 0 Å². The Bertz CT molecular complexity index is 561. The van der Waals surface area contributed by atoms with E-state index in [1.54, 1.807) is 48.7 Å². The molecule has 0 fully saturated rings. The van der Waals surface area contributed by atoms with Gasteiger partial charge in [0.2, 0.25) is 5.91 Å². The molecule has 1 amide bonds. The van der Waals surface area contributed by atoms with E-state index < -0.39 is 5.92 Å². The Kier molecular flexibility index (Phi) is 3.67. The normalized spacial score (nSPS) is 11.3. The first-order valence-corrected chi connectivity index (χ1v) is 5.47. The molecule has 1 N–H and O–H groups in total. The number of carbonyl (C=O) groups excluding carboxylic acids is 1. The highest BCUT2D eigenvalue weighted by Crippen LogP contribution is 2.16. The van der Waals surface area contributed by atoms with Gasteiger partial charge >= 0.3 is 0 Å². The van der Waals surface area contributed by atoms with Crippen LogP contribution in [0, 0.1) is 11.3 Å². The molecule has 1 aromatic carbocycles. The van der Waals surface area contributed by atoms with Gasteiger partial charge in [0.05, 0.1) is 6.07 Å². The van der Waals surface area contributed by atoms with Crippen molar-refractivity contribution in [1.82, 2.24) is 4.98 Å². The van der Waals surface area contributed by atoms with Gasteiger partial charge < -0.3 is 5.32 Å². The number of benzene rings is 1. The molecule has 0 saturated heterocycles. The fourth-order valence-corrected chi connectivity index (χ4v) is 1.57. The smallest absolute Gasteiger partial charge is 0.247 e. The predicted molar refractivity (Wildman–Crippen MR) is 67.7 cm³/mol. The average molecular weight is 237 g/mol. The van der Waals surface area contributed by atoms with Crippen molar-refractivity contribution < 1.29 is 4.79 Å². The first kappa shape index (κ1) is 11.8. The molecular formula is C14H11N3O. The number of hydrogen-bond donors (Lipinski definition) is 1. The van der Waals surface area contributed by atoms with Crippen LogP contribution < -0.4 is 5.32 Å². The number of amides is 1. The number of pyridine rings is 1. The molecule has 18 heavy (non-hydrogen) atoms. The molecule has 88 valence electrons. The lowest BCUT2D eigenvalue weighted by Gasteiger charge is -2.09. The fourth-order valence-electron chi connectivity index (χ4n) is 1.57. The maximum absolute atomic E-state index is 12.0. The highest BCUT2D eigenvalue weighted by Gasteiger charge is 2.19. The standard InChI is InChI=1S/C14H11N3O/c15-10-12(11-6-2-1-3-7-11)14(18)17-13-8-4-5-9-16-13/h1-9,12H,(H,16,17,18).